The molecular weight excluding hydrogens is 621 g/mol. The summed E-state index contributed by atoms with van der Waals surface area (Å²) in [5.74, 6) is 1.20. The van der Waals surface area contributed by atoms with Crippen molar-refractivity contribution in [2.45, 2.75) is 6.18 Å². The number of hydrogen-bond acceptors (Lipinski definition) is 5. The first-order valence-corrected chi connectivity index (χ1v) is 12.1. The zero-order valence-corrected chi connectivity index (χ0v) is 21.7. The number of rotatable bonds is 7. The molecule has 0 aromatic heterocycles. The van der Waals surface area contributed by atoms with Crippen LogP contribution in [0, 0.1) is 10.1 Å². The number of alkyl halides is 3. The van der Waals surface area contributed by atoms with Gasteiger partial charge in [-0.15, -0.1) is 0 Å². The first kappa shape index (κ1) is 26.4. The van der Waals surface area contributed by atoms with Crippen LogP contribution in [-0.2, 0) is 6.18 Å². The maximum atomic E-state index is 13.0. The van der Waals surface area contributed by atoms with Gasteiger partial charge in [0.05, 0.1) is 25.1 Å². The Morgan fingerprint density at radius 1 is 0.838 bits per heavy atom. The van der Waals surface area contributed by atoms with E-state index < -0.39 is 22.4 Å². The molecular formula is C26H15Br2F3N2O4. The third-order valence-electron chi connectivity index (χ3n) is 4.89. The van der Waals surface area contributed by atoms with Crippen LogP contribution in [0.1, 0.15) is 11.1 Å². The van der Waals surface area contributed by atoms with E-state index in [-0.39, 0.29) is 11.5 Å². The quantitative estimate of drug-likeness (QED) is 0.115. The lowest BCUT2D eigenvalue weighted by Crippen LogP contribution is -2.06. The lowest BCUT2D eigenvalue weighted by Gasteiger charge is -2.13. The Kier molecular flexibility index (Phi) is 7.94. The molecule has 4 rings (SSSR count). The van der Waals surface area contributed by atoms with Gasteiger partial charge in [0.1, 0.15) is 11.5 Å². The second kappa shape index (κ2) is 11.1. The molecule has 4 aromatic rings. The predicted molar refractivity (Wildman–Crippen MR) is 140 cm³/mol. The Morgan fingerprint density at radius 3 is 2.05 bits per heavy atom. The molecule has 0 aliphatic carbocycles. The SMILES string of the molecule is O=[N+]([O-])c1cc(C(F)(F)F)ccc1Oc1c(Br)cc(C=Nc2ccc(Oc3ccccc3)cc2)cc1Br. The van der Waals surface area contributed by atoms with Crippen molar-refractivity contribution >= 4 is 49.4 Å². The Hall–Kier alpha value is -3.70. The van der Waals surface area contributed by atoms with Crippen molar-refractivity contribution in [2.24, 2.45) is 4.99 Å². The molecule has 0 saturated heterocycles. The molecule has 37 heavy (non-hydrogen) atoms. The van der Waals surface area contributed by atoms with Crippen molar-refractivity contribution in [3.63, 3.8) is 0 Å². The summed E-state index contributed by atoms with van der Waals surface area (Å²) in [7, 11) is 0. The van der Waals surface area contributed by atoms with Crippen molar-refractivity contribution in [2.75, 3.05) is 0 Å². The van der Waals surface area contributed by atoms with Gasteiger partial charge in [-0.3, -0.25) is 15.1 Å². The molecule has 0 aliphatic heterocycles. The summed E-state index contributed by atoms with van der Waals surface area (Å²) in [5.41, 5.74) is -0.610. The molecule has 4 aromatic carbocycles. The van der Waals surface area contributed by atoms with E-state index >= 15 is 0 Å². The molecule has 0 aliphatic rings. The van der Waals surface area contributed by atoms with Crippen LogP contribution in [0.3, 0.4) is 0 Å². The van der Waals surface area contributed by atoms with Gasteiger partial charge in [-0.25, -0.2) is 0 Å². The Morgan fingerprint density at radius 2 is 1.46 bits per heavy atom. The van der Waals surface area contributed by atoms with Crippen LogP contribution in [0.2, 0.25) is 0 Å². The van der Waals surface area contributed by atoms with Crippen LogP contribution in [0.15, 0.2) is 98.9 Å². The van der Waals surface area contributed by atoms with Crippen molar-refractivity contribution in [1.29, 1.82) is 0 Å². The molecule has 0 spiro atoms. The molecule has 0 heterocycles. The van der Waals surface area contributed by atoms with E-state index in [9.17, 15) is 23.3 Å². The first-order chi connectivity index (χ1) is 17.6. The summed E-state index contributed by atoms with van der Waals surface area (Å²) in [6, 6.07) is 21.9. The maximum absolute atomic E-state index is 13.0. The predicted octanol–water partition coefficient (Wildman–Crippen LogP) is 9.47. The second-order valence-corrected chi connectivity index (χ2v) is 9.23. The van der Waals surface area contributed by atoms with Crippen LogP contribution >= 0.6 is 31.9 Å². The fourth-order valence-corrected chi connectivity index (χ4v) is 4.54. The summed E-state index contributed by atoms with van der Waals surface area (Å²) >= 11 is 6.70. The highest BCUT2D eigenvalue weighted by molar-refractivity contribution is 9.11. The van der Waals surface area contributed by atoms with Gasteiger partial charge in [-0.05, 0) is 98.1 Å². The monoisotopic (exact) mass is 634 g/mol. The number of nitro benzene ring substituents is 1. The van der Waals surface area contributed by atoms with Gasteiger partial charge >= 0.3 is 11.9 Å². The topological polar surface area (TPSA) is 74.0 Å². The van der Waals surface area contributed by atoms with Crippen LogP contribution in [-0.4, -0.2) is 11.1 Å². The van der Waals surface area contributed by atoms with Crippen LogP contribution in [0.25, 0.3) is 0 Å². The van der Waals surface area contributed by atoms with E-state index in [0.29, 0.717) is 32.0 Å². The number of ether oxygens (including phenoxy) is 2. The molecule has 0 amide bonds. The summed E-state index contributed by atoms with van der Waals surface area (Å²) < 4.78 is 51.1. The number of benzene rings is 4. The summed E-state index contributed by atoms with van der Waals surface area (Å²) in [5, 5.41) is 11.4. The van der Waals surface area contributed by atoms with Gasteiger partial charge in [0.2, 0.25) is 5.75 Å². The van der Waals surface area contributed by atoms with E-state index in [1.165, 1.54) is 0 Å². The van der Waals surface area contributed by atoms with Crippen LogP contribution in [0.4, 0.5) is 24.5 Å². The molecule has 0 atom stereocenters. The molecule has 0 N–H and O–H groups in total. The lowest BCUT2D eigenvalue weighted by molar-refractivity contribution is -0.385. The molecule has 188 valence electrons. The van der Waals surface area contributed by atoms with Crippen LogP contribution < -0.4 is 9.47 Å². The van der Waals surface area contributed by atoms with Crippen molar-refractivity contribution in [1.82, 2.24) is 0 Å². The third-order valence-corrected chi connectivity index (χ3v) is 6.07. The van der Waals surface area contributed by atoms with Gasteiger partial charge in [0.15, 0.2) is 5.75 Å². The highest BCUT2D eigenvalue weighted by Crippen LogP contribution is 2.42. The zero-order valence-electron chi connectivity index (χ0n) is 18.6. The smallest absolute Gasteiger partial charge is 0.416 e. The van der Waals surface area contributed by atoms with Gasteiger partial charge in [0.25, 0.3) is 0 Å². The Labute approximate surface area is 225 Å². The van der Waals surface area contributed by atoms with E-state index in [1.54, 1.807) is 42.6 Å². The number of nitro groups is 1. The third kappa shape index (κ3) is 6.75. The summed E-state index contributed by atoms with van der Waals surface area (Å²) in [6.07, 6.45) is -3.12. The van der Waals surface area contributed by atoms with E-state index in [0.717, 1.165) is 17.9 Å². The highest BCUT2D eigenvalue weighted by atomic mass is 79.9. The standard InChI is InChI=1S/C26H15Br2F3N2O4/c27-21-12-16(15-32-18-7-9-20(10-8-18)36-19-4-2-1-3-5-19)13-22(28)25(21)37-24-11-6-17(26(29,30)31)14-23(24)33(34)35/h1-15H. The highest BCUT2D eigenvalue weighted by Gasteiger charge is 2.33. The summed E-state index contributed by atoms with van der Waals surface area (Å²) in [6.45, 7) is 0. The minimum atomic E-state index is -4.72. The van der Waals surface area contributed by atoms with Gasteiger partial charge in [-0.2, -0.15) is 13.2 Å². The molecule has 0 fully saturated rings. The normalized spacial score (nSPS) is 11.5. The van der Waals surface area contributed by atoms with Gasteiger partial charge in [0, 0.05) is 12.3 Å². The fraction of sp³-hybridized carbons (Fsp3) is 0.0385. The number of nitrogens with zero attached hydrogens (tertiary/aromatic N) is 2. The molecule has 0 unspecified atom stereocenters. The summed E-state index contributed by atoms with van der Waals surface area (Å²) in [4.78, 5) is 14.9. The van der Waals surface area contributed by atoms with Crippen molar-refractivity contribution < 1.29 is 27.6 Å². The van der Waals surface area contributed by atoms with Crippen molar-refractivity contribution in [3.8, 4) is 23.0 Å². The van der Waals surface area contributed by atoms with E-state index in [4.69, 9.17) is 9.47 Å². The molecule has 6 nitrogen and oxygen atoms in total. The molecule has 0 radical (unpaired) electrons. The maximum Gasteiger partial charge on any atom is 0.416 e. The molecule has 11 heteroatoms. The Balaban J connectivity index is 1.51. The number of para-hydroxylation sites is 1. The minimum Gasteiger partial charge on any atom is -0.457 e. The number of hydrogen-bond donors (Lipinski definition) is 0. The first-order valence-electron chi connectivity index (χ1n) is 10.5. The van der Waals surface area contributed by atoms with Crippen molar-refractivity contribution in [3.05, 3.63) is 115 Å². The fourth-order valence-electron chi connectivity index (χ4n) is 3.16. The zero-order chi connectivity index (χ0) is 26.6. The second-order valence-electron chi connectivity index (χ2n) is 7.52. The largest absolute Gasteiger partial charge is 0.457 e. The average Bonchev–Trinajstić information content (AvgIpc) is 2.86. The van der Waals surface area contributed by atoms with Crippen LogP contribution in [0.5, 0.6) is 23.0 Å². The van der Waals surface area contributed by atoms with Gasteiger partial charge < -0.3 is 9.47 Å². The van der Waals surface area contributed by atoms with E-state index in [1.807, 2.05) is 30.3 Å². The lowest BCUT2D eigenvalue weighted by atomic mass is 10.2. The van der Waals surface area contributed by atoms with Gasteiger partial charge in [-0.1, -0.05) is 18.2 Å². The number of halogens is 5. The molecule has 0 bridgehead atoms. The average molecular weight is 636 g/mol. The Bertz CT molecular complexity index is 1440. The minimum absolute atomic E-state index is 0.155. The van der Waals surface area contributed by atoms with E-state index in [2.05, 4.69) is 36.9 Å². The molecule has 0 saturated carbocycles. The number of aliphatic imine (C=N–C) groups is 1.